The van der Waals surface area contributed by atoms with Crippen molar-refractivity contribution in [3.8, 4) is 11.1 Å². The summed E-state index contributed by atoms with van der Waals surface area (Å²) in [4.78, 5) is 28.7. The lowest BCUT2D eigenvalue weighted by Gasteiger charge is -2.12. The Labute approximate surface area is 178 Å². The van der Waals surface area contributed by atoms with Gasteiger partial charge in [-0.15, -0.1) is 0 Å². The van der Waals surface area contributed by atoms with Gasteiger partial charge in [0.1, 0.15) is 0 Å². The number of carbonyl (C=O) groups is 2. The van der Waals surface area contributed by atoms with Crippen molar-refractivity contribution in [2.24, 2.45) is 0 Å². The average molecular weight is 409 g/mol. The molecule has 0 fully saturated rings. The zero-order valence-electron chi connectivity index (χ0n) is 16.8. The lowest BCUT2D eigenvalue weighted by Crippen LogP contribution is -2.11. The van der Waals surface area contributed by atoms with E-state index in [1.165, 1.54) is 7.11 Å². The summed E-state index contributed by atoms with van der Waals surface area (Å²) in [5, 5.41) is 8.47. The van der Waals surface area contributed by atoms with E-state index in [0.29, 0.717) is 11.3 Å². The molecule has 1 aromatic heterocycles. The summed E-state index contributed by atoms with van der Waals surface area (Å²) < 4.78 is 4.73. The number of nitrogens with one attached hydrogen (secondary N) is 2. The van der Waals surface area contributed by atoms with Gasteiger partial charge in [-0.05, 0) is 52.4 Å². The molecule has 0 atom stereocenters. The van der Waals surface area contributed by atoms with Crippen LogP contribution in [0.25, 0.3) is 21.9 Å². The first-order valence-corrected chi connectivity index (χ1v) is 9.87. The van der Waals surface area contributed by atoms with E-state index in [9.17, 15) is 9.59 Å². The molecule has 0 saturated carbocycles. The fourth-order valence-electron chi connectivity index (χ4n) is 3.87. The van der Waals surface area contributed by atoms with Crippen LogP contribution in [-0.4, -0.2) is 24.0 Å². The van der Waals surface area contributed by atoms with Gasteiger partial charge in [0.15, 0.2) is 0 Å². The van der Waals surface area contributed by atoms with Crippen LogP contribution in [0.4, 0.5) is 17.1 Å². The molecular weight excluding hydrogens is 390 g/mol. The molecule has 4 aromatic rings. The van der Waals surface area contributed by atoms with E-state index < -0.39 is 0 Å². The summed E-state index contributed by atoms with van der Waals surface area (Å²) in [6, 6.07) is 19.4. The lowest BCUT2D eigenvalue weighted by atomic mass is 9.97. The Morgan fingerprint density at radius 2 is 1.84 bits per heavy atom. The molecule has 1 aliphatic rings. The number of methoxy groups -OCH3 is 1. The van der Waals surface area contributed by atoms with Crippen LogP contribution in [0, 0.1) is 0 Å². The van der Waals surface area contributed by atoms with Crippen LogP contribution >= 0.6 is 0 Å². The monoisotopic (exact) mass is 409 g/mol. The number of nitrogens with zero attached hydrogens (tertiary/aromatic N) is 1. The Balaban J connectivity index is 1.56. The number of esters is 1. The number of rotatable bonds is 3. The summed E-state index contributed by atoms with van der Waals surface area (Å²) in [5.41, 5.74) is 5.50. The highest BCUT2D eigenvalue weighted by Crippen LogP contribution is 2.36. The van der Waals surface area contributed by atoms with Gasteiger partial charge in [-0.1, -0.05) is 30.3 Å². The number of pyridine rings is 1. The van der Waals surface area contributed by atoms with E-state index in [2.05, 4.69) is 21.7 Å². The minimum atomic E-state index is -0.328. The van der Waals surface area contributed by atoms with Crippen LogP contribution in [-0.2, 0) is 16.0 Å². The molecule has 1 aliphatic heterocycles. The number of amides is 1. The van der Waals surface area contributed by atoms with E-state index in [0.717, 1.165) is 38.8 Å². The third-order valence-electron chi connectivity index (χ3n) is 5.43. The number of hydrogen-bond acceptors (Lipinski definition) is 5. The highest BCUT2D eigenvalue weighted by atomic mass is 16.5. The standard InChI is InChI=1S/C25H19N3O3/c1-31-24(29)12-15-5-8-21-23(11-15)28-25(30)20-7-6-16(13-22(20)27-21)18-4-2-3-17-14-26-10-9-19(17)18/h2-11,13-14,27H,12H2,1H3,(H,28,30). The molecular formula is C25H19N3O3. The Morgan fingerprint density at radius 3 is 2.71 bits per heavy atom. The van der Waals surface area contributed by atoms with Gasteiger partial charge < -0.3 is 15.4 Å². The predicted octanol–water partition coefficient (Wildman–Crippen LogP) is 4.93. The molecule has 3 aromatic carbocycles. The molecule has 0 bridgehead atoms. The van der Waals surface area contributed by atoms with Gasteiger partial charge in [0, 0.05) is 17.8 Å². The maximum Gasteiger partial charge on any atom is 0.309 e. The molecule has 0 saturated heterocycles. The van der Waals surface area contributed by atoms with Crippen LogP contribution in [0.15, 0.2) is 73.1 Å². The quantitative estimate of drug-likeness (QED) is 0.469. The first kappa shape index (κ1) is 18.8. The maximum atomic E-state index is 12.9. The van der Waals surface area contributed by atoms with Crippen molar-refractivity contribution in [3.05, 3.63) is 84.2 Å². The number of ether oxygens (including phenoxy) is 1. The molecule has 0 unspecified atom stereocenters. The summed E-state index contributed by atoms with van der Waals surface area (Å²) in [7, 11) is 1.36. The average Bonchev–Trinajstić information content (AvgIpc) is 2.93. The SMILES string of the molecule is COC(=O)Cc1ccc2c(c1)NC(=O)c1ccc(-c3cccc4cnccc34)cc1N2. The van der Waals surface area contributed by atoms with Crippen LogP contribution in [0.1, 0.15) is 15.9 Å². The van der Waals surface area contributed by atoms with E-state index in [1.54, 1.807) is 12.3 Å². The highest BCUT2D eigenvalue weighted by Gasteiger charge is 2.20. The molecule has 0 radical (unpaired) electrons. The zero-order valence-corrected chi connectivity index (χ0v) is 16.8. The van der Waals surface area contributed by atoms with Gasteiger partial charge >= 0.3 is 5.97 Å². The van der Waals surface area contributed by atoms with Gasteiger partial charge in [0.2, 0.25) is 0 Å². The van der Waals surface area contributed by atoms with E-state index >= 15 is 0 Å². The molecule has 5 rings (SSSR count). The molecule has 1 amide bonds. The molecule has 0 spiro atoms. The van der Waals surface area contributed by atoms with Crippen LogP contribution < -0.4 is 10.6 Å². The van der Waals surface area contributed by atoms with Crippen molar-refractivity contribution in [3.63, 3.8) is 0 Å². The van der Waals surface area contributed by atoms with E-state index in [4.69, 9.17) is 4.74 Å². The fraction of sp³-hybridized carbons (Fsp3) is 0.0800. The van der Waals surface area contributed by atoms with Gasteiger partial charge in [-0.2, -0.15) is 0 Å². The maximum absolute atomic E-state index is 12.9. The Morgan fingerprint density at radius 1 is 0.935 bits per heavy atom. The normalized spacial score (nSPS) is 12.2. The van der Waals surface area contributed by atoms with Gasteiger partial charge in [-0.3, -0.25) is 14.6 Å². The Bertz CT molecular complexity index is 1340. The topological polar surface area (TPSA) is 80.3 Å². The molecule has 31 heavy (non-hydrogen) atoms. The molecule has 2 heterocycles. The number of fused-ring (bicyclic) bond motifs is 3. The number of carbonyl (C=O) groups excluding carboxylic acids is 2. The highest BCUT2D eigenvalue weighted by molar-refractivity contribution is 6.13. The molecule has 2 N–H and O–H groups in total. The Hall–Kier alpha value is -4.19. The van der Waals surface area contributed by atoms with Crippen molar-refractivity contribution in [2.75, 3.05) is 17.7 Å². The first-order chi connectivity index (χ1) is 15.1. The number of aromatic nitrogens is 1. The van der Waals surface area contributed by atoms with Crippen molar-refractivity contribution in [1.29, 1.82) is 0 Å². The number of anilines is 3. The Kier molecular flexibility index (Phi) is 4.59. The second kappa shape index (κ2) is 7.57. The fourth-order valence-corrected chi connectivity index (χ4v) is 3.87. The molecule has 152 valence electrons. The van der Waals surface area contributed by atoms with Gasteiger partial charge in [0.25, 0.3) is 5.91 Å². The minimum absolute atomic E-state index is 0.146. The smallest absolute Gasteiger partial charge is 0.309 e. The lowest BCUT2D eigenvalue weighted by molar-refractivity contribution is -0.139. The molecule has 6 nitrogen and oxygen atoms in total. The van der Waals surface area contributed by atoms with Gasteiger partial charge in [0.05, 0.1) is 36.2 Å². The summed E-state index contributed by atoms with van der Waals surface area (Å²) in [6.45, 7) is 0. The predicted molar refractivity (Wildman–Crippen MR) is 121 cm³/mol. The molecule has 0 aliphatic carbocycles. The zero-order chi connectivity index (χ0) is 21.4. The number of hydrogen-bond donors (Lipinski definition) is 2. The van der Waals surface area contributed by atoms with E-state index in [1.807, 2.05) is 54.7 Å². The van der Waals surface area contributed by atoms with Crippen LogP contribution in [0.5, 0.6) is 0 Å². The van der Waals surface area contributed by atoms with Crippen LogP contribution in [0.2, 0.25) is 0 Å². The molecule has 6 heteroatoms. The summed E-state index contributed by atoms with van der Waals surface area (Å²) in [5.74, 6) is -0.531. The van der Waals surface area contributed by atoms with E-state index in [-0.39, 0.29) is 18.3 Å². The number of benzene rings is 3. The summed E-state index contributed by atoms with van der Waals surface area (Å²) in [6.07, 6.45) is 3.77. The van der Waals surface area contributed by atoms with Crippen molar-refractivity contribution in [1.82, 2.24) is 4.98 Å². The third kappa shape index (κ3) is 3.48. The van der Waals surface area contributed by atoms with Crippen molar-refractivity contribution < 1.29 is 14.3 Å². The second-order valence-electron chi connectivity index (χ2n) is 7.37. The van der Waals surface area contributed by atoms with Crippen molar-refractivity contribution in [2.45, 2.75) is 6.42 Å². The largest absolute Gasteiger partial charge is 0.469 e. The van der Waals surface area contributed by atoms with Crippen LogP contribution in [0.3, 0.4) is 0 Å². The summed E-state index contributed by atoms with van der Waals surface area (Å²) >= 11 is 0. The first-order valence-electron chi connectivity index (χ1n) is 9.87. The third-order valence-corrected chi connectivity index (χ3v) is 5.43. The second-order valence-corrected chi connectivity index (χ2v) is 7.37. The van der Waals surface area contributed by atoms with Gasteiger partial charge in [-0.25, -0.2) is 0 Å². The minimum Gasteiger partial charge on any atom is -0.469 e. The van der Waals surface area contributed by atoms with Crippen molar-refractivity contribution >= 4 is 39.7 Å².